The quantitative estimate of drug-likeness (QED) is 0.0464. The molecule has 0 aliphatic heterocycles. The van der Waals surface area contributed by atoms with Gasteiger partial charge in [-0.2, -0.15) is 12.8 Å². The van der Waals surface area contributed by atoms with Crippen molar-refractivity contribution in [2.75, 3.05) is 6.61 Å². The van der Waals surface area contributed by atoms with Gasteiger partial charge in [-0.1, -0.05) is 299 Å². The van der Waals surface area contributed by atoms with E-state index in [1.165, 1.54) is 225 Å². The van der Waals surface area contributed by atoms with Gasteiger partial charge in [-0.3, -0.25) is 17.4 Å². The normalized spacial score (nSPS) is 10.7. The molecule has 0 aliphatic rings. The molecular weight excluding hydrogens is 884 g/mol. The SMILES string of the molecule is CC(C)CCCCCCCCCCCCCCC(=O)O.CC(C)CCCCCCCCCCCCCC[C-]=O.CC(C)CCCCCCCCCCCCCC[C-]=O.CCCCO.[O]=[Zr+2]. The Morgan fingerprint density at radius 1 is 0.369 bits per heavy atom. The van der Waals surface area contributed by atoms with Crippen molar-refractivity contribution < 1.29 is 52.1 Å². The summed E-state index contributed by atoms with van der Waals surface area (Å²) in [5, 5.41) is 16.6. The summed E-state index contributed by atoms with van der Waals surface area (Å²) < 4.78 is 8.34. The Kier molecular flexibility index (Phi) is 81.8. The Hall–Kier alpha value is -0.547. The van der Waals surface area contributed by atoms with E-state index in [0.29, 0.717) is 50.6 Å². The van der Waals surface area contributed by atoms with Crippen molar-refractivity contribution in [2.45, 2.75) is 331 Å². The Morgan fingerprint density at radius 3 is 0.723 bits per heavy atom. The number of aliphatic hydroxyl groups is 1. The van der Waals surface area contributed by atoms with Gasteiger partial charge in [0.25, 0.3) is 0 Å². The van der Waals surface area contributed by atoms with Crippen molar-refractivity contribution >= 4 is 18.5 Å². The molecule has 6 nitrogen and oxygen atoms in total. The second kappa shape index (κ2) is 72.4. The number of aliphatic hydroxyl groups excluding tert-OH is 1. The molecule has 0 amide bonds. The van der Waals surface area contributed by atoms with Crippen LogP contribution >= 0.6 is 0 Å². The van der Waals surface area contributed by atoms with Crippen molar-refractivity contribution in [3.05, 3.63) is 0 Å². The van der Waals surface area contributed by atoms with E-state index in [9.17, 15) is 14.4 Å². The van der Waals surface area contributed by atoms with Gasteiger partial charge in [-0.25, -0.2) is 0 Å². The predicted molar refractivity (Wildman–Crippen MR) is 280 cm³/mol. The van der Waals surface area contributed by atoms with Crippen molar-refractivity contribution in [3.8, 4) is 0 Å². The van der Waals surface area contributed by atoms with Crippen molar-refractivity contribution in [1.29, 1.82) is 0 Å². The molecule has 0 aromatic heterocycles. The van der Waals surface area contributed by atoms with Gasteiger partial charge in [0, 0.05) is 13.0 Å². The van der Waals surface area contributed by atoms with E-state index in [0.717, 1.165) is 56.3 Å². The fraction of sp³-hybridized carbons (Fsp3) is 0.948. The van der Waals surface area contributed by atoms with Gasteiger partial charge in [0.1, 0.15) is 0 Å². The summed E-state index contributed by atoms with van der Waals surface area (Å²) in [5.74, 6) is 1.97. The van der Waals surface area contributed by atoms with Crippen LogP contribution in [0, 0.1) is 17.8 Å². The van der Waals surface area contributed by atoms with Crippen LogP contribution in [-0.2, 0) is 41.9 Å². The molecule has 0 saturated carbocycles. The second-order valence-corrected chi connectivity index (χ2v) is 20.3. The van der Waals surface area contributed by atoms with Crippen LogP contribution in [0.2, 0.25) is 0 Å². The summed E-state index contributed by atoms with van der Waals surface area (Å²) in [6.45, 7) is 16.3. The van der Waals surface area contributed by atoms with E-state index < -0.39 is 5.97 Å². The number of carboxylic acid groups (broad SMARTS) is 1. The van der Waals surface area contributed by atoms with Crippen LogP contribution < -0.4 is 0 Å². The summed E-state index contributed by atoms with van der Waals surface area (Å²) in [7, 11) is 0. The molecular formula is C58H116O6Zr. The van der Waals surface area contributed by atoms with Crippen LogP contribution in [0.5, 0.6) is 0 Å². The number of aliphatic carboxylic acids is 1. The molecule has 0 radical (unpaired) electrons. The Bertz CT molecular complexity index is 793. The average Bonchev–Trinajstić information content (AvgIpc) is 3.28. The third-order valence-electron chi connectivity index (χ3n) is 12.1. The third kappa shape index (κ3) is 94.1. The van der Waals surface area contributed by atoms with E-state index in [1.54, 1.807) is 0 Å². The zero-order chi connectivity index (χ0) is 49.5. The monoisotopic (exact) mass is 999 g/mol. The van der Waals surface area contributed by atoms with Gasteiger partial charge in [-0.15, -0.1) is 0 Å². The first-order valence-corrected chi connectivity index (χ1v) is 29.3. The molecule has 65 heavy (non-hydrogen) atoms. The first-order valence-electron chi connectivity index (χ1n) is 28.3. The molecule has 0 fully saturated rings. The summed E-state index contributed by atoms with van der Waals surface area (Å²) in [6, 6.07) is 0. The molecule has 2 N–H and O–H groups in total. The topological polar surface area (TPSA) is 109 Å². The van der Waals surface area contributed by atoms with Crippen LogP contribution in [0.15, 0.2) is 0 Å². The zero-order valence-electron chi connectivity index (χ0n) is 45.1. The van der Waals surface area contributed by atoms with Crippen LogP contribution in [0.3, 0.4) is 0 Å². The maximum absolute atomic E-state index is 10.3. The van der Waals surface area contributed by atoms with Crippen molar-refractivity contribution in [2.24, 2.45) is 17.8 Å². The number of rotatable bonds is 47. The number of carbonyl (C=O) groups is 1. The molecule has 0 bridgehead atoms. The Morgan fingerprint density at radius 2 is 0.569 bits per heavy atom. The van der Waals surface area contributed by atoms with Gasteiger partial charge in [-0.05, 0) is 30.6 Å². The Balaban J connectivity index is -0.000000257. The van der Waals surface area contributed by atoms with E-state index in [-0.39, 0.29) is 0 Å². The maximum atomic E-state index is 10.3. The van der Waals surface area contributed by atoms with Gasteiger partial charge < -0.3 is 19.8 Å². The fourth-order valence-electron chi connectivity index (χ4n) is 7.79. The Labute approximate surface area is 423 Å². The van der Waals surface area contributed by atoms with Crippen LogP contribution in [-0.4, -0.2) is 35.4 Å². The first-order chi connectivity index (χ1) is 31.6. The molecule has 0 saturated heterocycles. The summed E-state index contributed by atoms with van der Waals surface area (Å²) in [6.07, 6.45) is 60.0. The van der Waals surface area contributed by atoms with Crippen LogP contribution in [0.4, 0.5) is 0 Å². The molecule has 0 atom stereocenters. The summed E-state index contributed by atoms with van der Waals surface area (Å²) in [4.78, 5) is 30.4. The van der Waals surface area contributed by atoms with E-state index in [2.05, 4.69) is 48.5 Å². The number of unbranched alkanes of at least 4 members (excludes halogenated alkanes) is 36. The predicted octanol–water partition coefficient (Wildman–Crippen LogP) is 19.3. The van der Waals surface area contributed by atoms with Gasteiger partial charge in [0.2, 0.25) is 0 Å². The standard InChI is InChI=1S/C18H36O2.2C18H35O.C4H10O.O.Zr/c1-17(2)15-13-11-9-7-5-3-4-6-8-10-12-14-16-18(19)20;2*1-18(2)16-14-12-10-8-6-4-3-5-7-9-11-13-15-17-19;1-2-3-4-5;;/h17H,3-16H2,1-2H3,(H,19,20);2*18H,3-16H2,1-2H3;5H,2-4H2,1H3;;/q;2*-1;;;+2. The molecule has 0 heterocycles. The zero-order valence-corrected chi connectivity index (χ0v) is 47.5. The summed E-state index contributed by atoms with van der Waals surface area (Å²) in [5.41, 5.74) is 0. The molecule has 388 valence electrons. The number of carbonyl (C=O) groups excluding carboxylic acids is 2. The minimum atomic E-state index is -0.654. The van der Waals surface area contributed by atoms with Gasteiger partial charge >= 0.3 is 33.5 Å². The third-order valence-corrected chi connectivity index (χ3v) is 12.1. The summed E-state index contributed by atoms with van der Waals surface area (Å²) >= 11 is 0.300. The van der Waals surface area contributed by atoms with Crippen LogP contribution in [0.1, 0.15) is 331 Å². The van der Waals surface area contributed by atoms with Crippen molar-refractivity contribution in [3.63, 3.8) is 0 Å². The van der Waals surface area contributed by atoms with E-state index in [1.807, 2.05) is 12.6 Å². The number of hydrogen-bond donors (Lipinski definition) is 2. The molecule has 0 rings (SSSR count). The van der Waals surface area contributed by atoms with E-state index in [4.69, 9.17) is 13.0 Å². The molecule has 0 spiro atoms. The van der Waals surface area contributed by atoms with Crippen molar-refractivity contribution in [1.82, 2.24) is 0 Å². The van der Waals surface area contributed by atoms with Crippen LogP contribution in [0.25, 0.3) is 0 Å². The molecule has 0 aromatic rings. The second-order valence-electron chi connectivity index (χ2n) is 20.3. The average molecular weight is 1000 g/mol. The fourth-order valence-corrected chi connectivity index (χ4v) is 7.79. The first kappa shape index (κ1) is 73.4. The molecule has 7 heteroatoms. The molecule has 0 aliphatic carbocycles. The minimum absolute atomic E-state index is 0.300. The van der Waals surface area contributed by atoms with Gasteiger partial charge in [0.15, 0.2) is 0 Å². The molecule has 0 unspecified atom stereocenters. The van der Waals surface area contributed by atoms with E-state index >= 15 is 0 Å². The number of hydrogen-bond acceptors (Lipinski definition) is 5. The van der Waals surface area contributed by atoms with Gasteiger partial charge in [0.05, 0.1) is 0 Å². The molecule has 0 aromatic carbocycles. The number of carboxylic acids is 1.